The Hall–Kier alpha value is -1.06. The van der Waals surface area contributed by atoms with Crippen molar-refractivity contribution in [2.24, 2.45) is 0 Å². The molecule has 0 radical (unpaired) electrons. The molecule has 0 spiro atoms. The van der Waals surface area contributed by atoms with E-state index in [0.29, 0.717) is 0 Å². The molecule has 1 aliphatic rings. The Labute approximate surface area is 117 Å². The Kier molecular flexibility index (Phi) is 3.63. The lowest BCUT2D eigenvalue weighted by Gasteiger charge is -2.32. The smallest absolute Gasteiger partial charge is 0.399 e. The quantitative estimate of drug-likeness (QED) is 0.613. The van der Waals surface area contributed by atoms with E-state index in [4.69, 9.17) is 9.31 Å². The lowest BCUT2D eigenvalue weighted by atomic mass is 9.77. The lowest BCUT2D eigenvalue weighted by molar-refractivity contribution is 0.00578. The monoisotopic (exact) mass is 258 g/mol. The second kappa shape index (κ2) is 4.80. The maximum absolute atomic E-state index is 6.06. The maximum Gasteiger partial charge on any atom is 0.494 e. The molecular weight excluding hydrogens is 235 g/mol. The van der Waals surface area contributed by atoms with Crippen LogP contribution in [0.5, 0.6) is 0 Å². The Morgan fingerprint density at radius 3 is 2.21 bits per heavy atom. The third-order valence-corrected chi connectivity index (χ3v) is 4.26. The highest BCUT2D eigenvalue weighted by Gasteiger charge is 2.51. The summed E-state index contributed by atoms with van der Waals surface area (Å²) in [6, 6.07) is 6.38. The Bertz CT molecular complexity index is 476. The van der Waals surface area contributed by atoms with E-state index in [1.54, 1.807) is 0 Å². The second-order valence-corrected chi connectivity index (χ2v) is 6.27. The molecule has 3 heteroatoms. The van der Waals surface area contributed by atoms with Gasteiger partial charge in [0.2, 0.25) is 0 Å². The van der Waals surface area contributed by atoms with Gasteiger partial charge in [0.25, 0.3) is 0 Å². The van der Waals surface area contributed by atoms with Crippen LogP contribution in [0, 0.1) is 6.92 Å². The third-order valence-electron chi connectivity index (χ3n) is 4.26. The van der Waals surface area contributed by atoms with Crippen molar-refractivity contribution in [1.29, 1.82) is 0 Å². The SMILES string of the molecule is C=CCc1ccc(B2OC(C)(C)C(C)(C)O2)cc1C. The summed E-state index contributed by atoms with van der Waals surface area (Å²) in [6.07, 6.45) is 2.83. The minimum atomic E-state index is -0.286. The van der Waals surface area contributed by atoms with Gasteiger partial charge in [-0.15, -0.1) is 6.58 Å². The average molecular weight is 258 g/mol. The maximum atomic E-state index is 6.06. The van der Waals surface area contributed by atoms with Gasteiger partial charge in [-0.3, -0.25) is 0 Å². The van der Waals surface area contributed by atoms with Crippen molar-refractivity contribution in [1.82, 2.24) is 0 Å². The van der Waals surface area contributed by atoms with Gasteiger partial charge in [0.05, 0.1) is 11.2 Å². The molecule has 1 aromatic carbocycles. The zero-order chi connectivity index (χ0) is 14.3. The fraction of sp³-hybridized carbons (Fsp3) is 0.500. The number of allylic oxidation sites excluding steroid dienone is 1. The van der Waals surface area contributed by atoms with Crippen molar-refractivity contribution < 1.29 is 9.31 Å². The van der Waals surface area contributed by atoms with Crippen molar-refractivity contribution in [3.05, 3.63) is 42.0 Å². The van der Waals surface area contributed by atoms with Crippen LogP contribution in [0.15, 0.2) is 30.9 Å². The van der Waals surface area contributed by atoms with Crippen LogP contribution in [0.3, 0.4) is 0 Å². The highest BCUT2D eigenvalue weighted by atomic mass is 16.7. The Balaban J connectivity index is 2.25. The fourth-order valence-corrected chi connectivity index (χ4v) is 2.23. The molecule has 19 heavy (non-hydrogen) atoms. The van der Waals surface area contributed by atoms with Gasteiger partial charge in [0, 0.05) is 0 Å². The van der Waals surface area contributed by atoms with Gasteiger partial charge in [-0.1, -0.05) is 24.3 Å². The normalized spacial score (nSPS) is 20.6. The van der Waals surface area contributed by atoms with E-state index in [1.807, 2.05) is 6.08 Å². The van der Waals surface area contributed by atoms with E-state index in [-0.39, 0.29) is 18.3 Å². The molecule has 1 fully saturated rings. The minimum absolute atomic E-state index is 0.276. The van der Waals surface area contributed by atoms with E-state index < -0.39 is 0 Å². The van der Waals surface area contributed by atoms with Crippen LogP contribution < -0.4 is 5.46 Å². The molecule has 0 aliphatic carbocycles. The summed E-state index contributed by atoms with van der Waals surface area (Å²) < 4.78 is 12.1. The first-order valence-corrected chi connectivity index (χ1v) is 6.83. The average Bonchev–Trinajstić information content (AvgIpc) is 2.51. The zero-order valence-electron chi connectivity index (χ0n) is 12.6. The first kappa shape index (κ1) is 14.4. The molecule has 1 aliphatic heterocycles. The van der Waals surface area contributed by atoms with Gasteiger partial charge in [-0.25, -0.2) is 0 Å². The van der Waals surface area contributed by atoms with Crippen LogP contribution in [-0.4, -0.2) is 18.3 Å². The molecule has 1 aromatic rings. The fourth-order valence-electron chi connectivity index (χ4n) is 2.23. The van der Waals surface area contributed by atoms with Gasteiger partial charge in [0.1, 0.15) is 0 Å². The Morgan fingerprint density at radius 2 is 1.74 bits per heavy atom. The van der Waals surface area contributed by atoms with Gasteiger partial charge in [-0.05, 0) is 57.6 Å². The largest absolute Gasteiger partial charge is 0.494 e. The summed E-state index contributed by atoms with van der Waals surface area (Å²) in [4.78, 5) is 0. The number of rotatable bonds is 3. The van der Waals surface area contributed by atoms with Gasteiger partial charge in [0.15, 0.2) is 0 Å². The van der Waals surface area contributed by atoms with E-state index in [1.165, 1.54) is 11.1 Å². The second-order valence-electron chi connectivity index (χ2n) is 6.27. The molecule has 2 rings (SSSR count). The minimum Gasteiger partial charge on any atom is -0.399 e. The van der Waals surface area contributed by atoms with Crippen LogP contribution in [0.1, 0.15) is 38.8 Å². The molecule has 2 nitrogen and oxygen atoms in total. The molecule has 0 aromatic heterocycles. The summed E-state index contributed by atoms with van der Waals surface area (Å²) in [6.45, 7) is 14.2. The molecule has 0 N–H and O–H groups in total. The molecular formula is C16H23BO2. The molecule has 102 valence electrons. The number of hydrogen-bond acceptors (Lipinski definition) is 2. The first-order chi connectivity index (χ1) is 8.77. The molecule has 0 amide bonds. The van der Waals surface area contributed by atoms with E-state index in [2.05, 4.69) is 59.4 Å². The highest BCUT2D eigenvalue weighted by Crippen LogP contribution is 2.36. The molecule has 1 saturated heterocycles. The molecule has 0 unspecified atom stereocenters. The van der Waals surface area contributed by atoms with Crippen molar-refractivity contribution in [2.45, 2.75) is 52.2 Å². The number of aryl methyl sites for hydroxylation is 1. The number of hydrogen-bond donors (Lipinski definition) is 0. The third kappa shape index (κ3) is 2.63. The van der Waals surface area contributed by atoms with Crippen LogP contribution in [0.4, 0.5) is 0 Å². The van der Waals surface area contributed by atoms with E-state index in [9.17, 15) is 0 Å². The topological polar surface area (TPSA) is 18.5 Å². The summed E-state index contributed by atoms with van der Waals surface area (Å²) in [5.41, 5.74) is 3.07. The highest BCUT2D eigenvalue weighted by molar-refractivity contribution is 6.62. The van der Waals surface area contributed by atoms with E-state index in [0.717, 1.165) is 11.9 Å². The van der Waals surface area contributed by atoms with Gasteiger partial charge < -0.3 is 9.31 Å². The van der Waals surface area contributed by atoms with Crippen LogP contribution in [0.2, 0.25) is 0 Å². The van der Waals surface area contributed by atoms with Crippen molar-refractivity contribution in [3.8, 4) is 0 Å². The van der Waals surface area contributed by atoms with Crippen molar-refractivity contribution in [2.75, 3.05) is 0 Å². The van der Waals surface area contributed by atoms with Crippen LogP contribution >= 0.6 is 0 Å². The van der Waals surface area contributed by atoms with Crippen molar-refractivity contribution in [3.63, 3.8) is 0 Å². The first-order valence-electron chi connectivity index (χ1n) is 6.83. The summed E-state index contributed by atoms with van der Waals surface area (Å²) >= 11 is 0. The molecule has 0 bridgehead atoms. The summed E-state index contributed by atoms with van der Waals surface area (Å²) in [5, 5.41) is 0. The molecule has 1 heterocycles. The van der Waals surface area contributed by atoms with Gasteiger partial charge >= 0.3 is 7.12 Å². The van der Waals surface area contributed by atoms with E-state index >= 15 is 0 Å². The summed E-state index contributed by atoms with van der Waals surface area (Å²) in [5.74, 6) is 0. The standard InChI is InChI=1S/C16H23BO2/c1-7-8-13-9-10-14(11-12(13)2)17-18-15(3,4)16(5,6)19-17/h7,9-11H,1,8H2,2-6H3. The molecule has 0 saturated carbocycles. The zero-order valence-corrected chi connectivity index (χ0v) is 12.6. The lowest BCUT2D eigenvalue weighted by Crippen LogP contribution is -2.41. The summed E-state index contributed by atoms with van der Waals surface area (Å²) in [7, 11) is -0.276. The van der Waals surface area contributed by atoms with Gasteiger partial charge in [-0.2, -0.15) is 0 Å². The molecule has 0 atom stereocenters. The van der Waals surface area contributed by atoms with Crippen molar-refractivity contribution >= 4 is 12.6 Å². The Morgan fingerprint density at radius 1 is 1.16 bits per heavy atom. The van der Waals surface area contributed by atoms with Crippen LogP contribution in [-0.2, 0) is 15.7 Å². The van der Waals surface area contributed by atoms with Crippen LogP contribution in [0.25, 0.3) is 0 Å². The predicted octanol–water partition coefficient (Wildman–Crippen LogP) is 3.02. The number of benzene rings is 1. The predicted molar refractivity (Wildman–Crippen MR) is 80.8 cm³/mol.